The van der Waals surface area contributed by atoms with Gasteiger partial charge in [0.05, 0.1) is 31.6 Å². The van der Waals surface area contributed by atoms with Crippen LogP contribution < -0.4 is 10.7 Å². The number of phenolic OH excluding ortho intramolecular Hbond substituents is 1. The van der Waals surface area contributed by atoms with Crippen molar-refractivity contribution in [3.05, 3.63) is 90.0 Å². The first-order valence-corrected chi connectivity index (χ1v) is 24.5. The lowest BCUT2D eigenvalue weighted by molar-refractivity contribution is -0.155. The molecule has 5 amide bonds. The summed E-state index contributed by atoms with van der Waals surface area (Å²) < 4.78 is 19.4. The SMILES string of the molecule is C=CC(=O)N1CCN(C(=O)N(C)C(C(=O)N[C@H]2Cc3cc(O)cc(c3)-c3ccc4c(c3)c(c(-c3ccccc3CCOC)n4CC)CC(C)(C)COC(=O)[C@@H]3CCCN(N3)C2=O)C(C)C)C[C@H]1COC. The largest absolute Gasteiger partial charge is 0.508 e. The van der Waals surface area contributed by atoms with Crippen LogP contribution in [0.25, 0.3) is 33.3 Å². The van der Waals surface area contributed by atoms with Gasteiger partial charge in [-0.2, -0.15) is 0 Å². The highest BCUT2D eigenvalue weighted by atomic mass is 16.5. The van der Waals surface area contributed by atoms with Crippen molar-refractivity contribution in [2.75, 3.05) is 67.3 Å². The topological polar surface area (TPSA) is 175 Å². The summed E-state index contributed by atoms with van der Waals surface area (Å²) in [7, 11) is 4.80. The number of esters is 1. The lowest BCUT2D eigenvalue weighted by atomic mass is 9.83. The van der Waals surface area contributed by atoms with Gasteiger partial charge in [-0.3, -0.25) is 24.2 Å². The monoisotopic (exact) mass is 962 g/mol. The Morgan fingerprint density at radius 2 is 1.80 bits per heavy atom. The molecule has 16 heteroatoms. The number of benzene rings is 3. The number of nitrogens with one attached hydrogen (secondary N) is 2. The molecule has 6 bridgehead atoms. The summed E-state index contributed by atoms with van der Waals surface area (Å²) >= 11 is 0. The number of likely N-dealkylation sites (N-methyl/N-ethyl adjacent to an activating group) is 1. The Balaban J connectivity index is 1.28. The van der Waals surface area contributed by atoms with E-state index < -0.39 is 53.4 Å². The molecule has 4 aromatic rings. The number of nitrogens with zero attached hydrogens (tertiary/aromatic N) is 5. The molecule has 0 saturated carbocycles. The average molecular weight is 962 g/mol. The normalized spacial score (nSPS) is 20.2. The molecule has 3 aromatic carbocycles. The molecule has 16 nitrogen and oxygen atoms in total. The highest BCUT2D eigenvalue weighted by Crippen LogP contribution is 2.41. The Labute approximate surface area is 411 Å². The third kappa shape index (κ3) is 11.2. The van der Waals surface area contributed by atoms with E-state index in [4.69, 9.17) is 14.2 Å². The second kappa shape index (κ2) is 22.2. The van der Waals surface area contributed by atoms with Gasteiger partial charge >= 0.3 is 12.0 Å². The molecule has 1 aromatic heterocycles. The minimum atomic E-state index is -1.18. The Hall–Kier alpha value is -6.23. The van der Waals surface area contributed by atoms with Crippen LogP contribution in [0.5, 0.6) is 5.75 Å². The van der Waals surface area contributed by atoms with Gasteiger partial charge in [0, 0.05) is 82.3 Å². The molecule has 4 atom stereocenters. The number of urea groups is 1. The fraction of sp³-hybridized carbons (Fsp3) is 0.500. The van der Waals surface area contributed by atoms with E-state index in [0.717, 1.165) is 50.8 Å². The third-order valence-electron chi connectivity index (χ3n) is 13.9. The smallest absolute Gasteiger partial charge is 0.324 e. The standard InChI is InChI=1S/C54H71N7O9/c1-10-47(63)60-23-22-58(31-39(60)32-69-9)53(67)57(7)48(34(3)4)50(64)55-45-27-35-25-38(28-40(62)26-35)37-18-19-46-42(29-37)43(49(59(46)11-2)41-16-13-12-15-36(41)20-24-68-8)30-54(5,6)33-70-52(66)44-17-14-21-61(56-44)51(45)65/h10,12-13,15-16,18-19,25-26,28-29,34,39,44-45,48,56,62H,1,11,14,17,20-24,27,30-33H2,2-9H3,(H,55,64)/t39-,44-,45-,48?/m0/s1. The van der Waals surface area contributed by atoms with Crippen molar-refractivity contribution in [1.82, 2.24) is 35.0 Å². The van der Waals surface area contributed by atoms with Gasteiger partial charge < -0.3 is 43.9 Å². The zero-order valence-electron chi connectivity index (χ0n) is 42.1. The molecule has 0 spiro atoms. The number of hydrogen-bond acceptors (Lipinski definition) is 10. The molecule has 0 radical (unpaired) electrons. The van der Waals surface area contributed by atoms with E-state index in [9.17, 15) is 29.1 Å². The maximum absolute atomic E-state index is 14.8. The van der Waals surface area contributed by atoms with Gasteiger partial charge in [-0.1, -0.05) is 70.7 Å². The summed E-state index contributed by atoms with van der Waals surface area (Å²) in [6, 6.07) is 16.1. The third-order valence-corrected chi connectivity index (χ3v) is 13.9. The Kier molecular flexibility index (Phi) is 16.4. The minimum absolute atomic E-state index is 0.00858. The number of piperazine rings is 1. The number of amides is 5. The molecule has 3 aliphatic heterocycles. The lowest BCUT2D eigenvalue weighted by Crippen LogP contribution is -2.63. The molecule has 0 aliphatic carbocycles. The first-order chi connectivity index (χ1) is 33.5. The van der Waals surface area contributed by atoms with Gasteiger partial charge in [-0.05, 0) is 96.7 Å². The second-order valence-corrected chi connectivity index (χ2v) is 20.0. The van der Waals surface area contributed by atoms with Gasteiger partial charge in [-0.25, -0.2) is 10.2 Å². The van der Waals surface area contributed by atoms with Crippen LogP contribution in [0.2, 0.25) is 0 Å². The number of carbonyl (C=O) groups is 5. The summed E-state index contributed by atoms with van der Waals surface area (Å²) in [4.78, 5) is 75.0. The number of aromatic hydroxyl groups is 1. The van der Waals surface area contributed by atoms with Crippen LogP contribution in [0.4, 0.5) is 4.79 Å². The van der Waals surface area contributed by atoms with Gasteiger partial charge in [0.2, 0.25) is 11.8 Å². The fourth-order valence-corrected chi connectivity index (χ4v) is 10.5. The van der Waals surface area contributed by atoms with Gasteiger partial charge in [-0.15, -0.1) is 0 Å². The van der Waals surface area contributed by atoms with Crippen molar-refractivity contribution in [3.8, 4) is 28.1 Å². The zero-order chi connectivity index (χ0) is 50.4. The molecule has 2 saturated heterocycles. The van der Waals surface area contributed by atoms with Crippen molar-refractivity contribution in [3.63, 3.8) is 0 Å². The Morgan fingerprint density at radius 1 is 1.03 bits per heavy atom. The van der Waals surface area contributed by atoms with Crippen LogP contribution in [-0.4, -0.2) is 151 Å². The molecular formula is C54H71N7O9. The van der Waals surface area contributed by atoms with E-state index in [-0.39, 0.29) is 63.4 Å². The van der Waals surface area contributed by atoms with E-state index in [1.165, 1.54) is 23.1 Å². The van der Waals surface area contributed by atoms with E-state index in [2.05, 4.69) is 73.0 Å². The van der Waals surface area contributed by atoms with Crippen molar-refractivity contribution in [2.45, 2.75) is 97.4 Å². The van der Waals surface area contributed by atoms with Gasteiger partial charge in [0.25, 0.3) is 5.91 Å². The maximum atomic E-state index is 14.8. The predicted molar refractivity (Wildman–Crippen MR) is 269 cm³/mol. The summed E-state index contributed by atoms with van der Waals surface area (Å²) in [5.74, 6) is -2.15. The van der Waals surface area contributed by atoms with E-state index in [0.29, 0.717) is 38.0 Å². The van der Waals surface area contributed by atoms with Crippen LogP contribution >= 0.6 is 0 Å². The number of cyclic esters (lactones) is 1. The summed E-state index contributed by atoms with van der Waals surface area (Å²) in [5.41, 5.74) is 10.3. The van der Waals surface area contributed by atoms with Crippen molar-refractivity contribution in [1.29, 1.82) is 0 Å². The van der Waals surface area contributed by atoms with E-state index in [1.54, 1.807) is 36.1 Å². The highest BCUT2D eigenvalue weighted by molar-refractivity contribution is 5.96. The van der Waals surface area contributed by atoms with E-state index >= 15 is 0 Å². The number of methoxy groups -OCH3 is 2. The average Bonchev–Trinajstić information content (AvgIpc) is 3.64. The molecule has 3 N–H and O–H groups in total. The Bertz CT molecular complexity index is 2590. The van der Waals surface area contributed by atoms with E-state index in [1.807, 2.05) is 32.0 Å². The highest BCUT2D eigenvalue weighted by Gasteiger charge is 2.40. The lowest BCUT2D eigenvalue weighted by Gasteiger charge is -2.43. The number of aryl methyl sites for hydroxylation is 1. The number of fused-ring (bicyclic) bond motifs is 6. The van der Waals surface area contributed by atoms with Crippen LogP contribution in [0.3, 0.4) is 0 Å². The Morgan fingerprint density at radius 3 is 2.51 bits per heavy atom. The molecule has 376 valence electrons. The molecule has 2 fully saturated rings. The summed E-state index contributed by atoms with van der Waals surface area (Å²) in [6.07, 6.45) is 3.48. The quantitative estimate of drug-likeness (QED) is 0.114. The summed E-state index contributed by atoms with van der Waals surface area (Å²) in [6.45, 7) is 16.2. The maximum Gasteiger partial charge on any atom is 0.324 e. The molecule has 4 heterocycles. The molecule has 7 rings (SSSR count). The fourth-order valence-electron chi connectivity index (χ4n) is 10.5. The molecule has 70 heavy (non-hydrogen) atoms. The molecule has 1 unspecified atom stereocenters. The van der Waals surface area contributed by atoms with Crippen molar-refractivity contribution < 1.29 is 43.3 Å². The first kappa shape index (κ1) is 51.6. The van der Waals surface area contributed by atoms with Crippen molar-refractivity contribution >= 4 is 40.6 Å². The van der Waals surface area contributed by atoms with Crippen molar-refractivity contribution in [2.24, 2.45) is 11.3 Å². The number of phenols is 1. The molecule has 3 aliphatic rings. The predicted octanol–water partition coefficient (Wildman–Crippen LogP) is 5.96. The number of hydrazine groups is 1. The zero-order valence-corrected chi connectivity index (χ0v) is 42.1. The number of carbonyl (C=O) groups excluding carboxylic acids is 5. The van der Waals surface area contributed by atoms with Crippen LogP contribution in [0.1, 0.15) is 64.2 Å². The second-order valence-electron chi connectivity index (χ2n) is 20.0. The first-order valence-electron chi connectivity index (χ1n) is 24.5. The van der Waals surface area contributed by atoms with Crippen LogP contribution in [0.15, 0.2) is 73.3 Å². The number of rotatable bonds is 12. The van der Waals surface area contributed by atoms with Crippen LogP contribution in [-0.2, 0) is 59.2 Å². The summed E-state index contributed by atoms with van der Waals surface area (Å²) in [5, 5.41) is 16.8. The number of aromatic nitrogens is 1. The van der Waals surface area contributed by atoms with Gasteiger partial charge in [0.1, 0.15) is 23.9 Å². The van der Waals surface area contributed by atoms with Crippen LogP contribution in [0, 0.1) is 11.3 Å². The number of ether oxygens (including phenoxy) is 3. The van der Waals surface area contributed by atoms with Gasteiger partial charge in [0.15, 0.2) is 0 Å². The molecular weight excluding hydrogens is 891 g/mol. The number of hydrogen-bond donors (Lipinski definition) is 3. The minimum Gasteiger partial charge on any atom is -0.508 e.